The zero-order chi connectivity index (χ0) is 22.6. The van der Waals surface area contributed by atoms with Crippen LogP contribution < -0.4 is 5.32 Å². The highest BCUT2D eigenvalue weighted by atomic mass is 16.5. The zero-order valence-electron chi connectivity index (χ0n) is 19.0. The van der Waals surface area contributed by atoms with E-state index in [4.69, 9.17) is 4.74 Å². The highest BCUT2D eigenvalue weighted by Crippen LogP contribution is 2.16. The molecule has 0 spiro atoms. The number of rotatable bonds is 11. The first-order valence-electron chi connectivity index (χ1n) is 11.6. The number of hydrogen-bond acceptors (Lipinski definition) is 4. The normalized spacial score (nSPS) is 15.2. The van der Waals surface area contributed by atoms with E-state index in [1.165, 1.54) is 0 Å². The van der Waals surface area contributed by atoms with Crippen molar-refractivity contribution in [2.45, 2.75) is 38.8 Å². The molecular weight excluding hydrogens is 402 g/mol. The van der Waals surface area contributed by atoms with Crippen LogP contribution in [0.1, 0.15) is 30.9 Å². The van der Waals surface area contributed by atoms with E-state index in [1.54, 1.807) is 4.90 Å². The van der Waals surface area contributed by atoms with Crippen molar-refractivity contribution in [3.63, 3.8) is 0 Å². The zero-order valence-corrected chi connectivity index (χ0v) is 19.0. The third-order valence-corrected chi connectivity index (χ3v) is 5.76. The number of amides is 2. The summed E-state index contributed by atoms with van der Waals surface area (Å²) in [6, 6.07) is 19.3. The van der Waals surface area contributed by atoms with E-state index < -0.39 is 6.04 Å². The Bertz CT molecular complexity index is 823. The van der Waals surface area contributed by atoms with E-state index in [2.05, 4.69) is 10.2 Å². The third kappa shape index (κ3) is 7.46. The van der Waals surface area contributed by atoms with Crippen LogP contribution in [-0.2, 0) is 27.3 Å². The van der Waals surface area contributed by atoms with Gasteiger partial charge in [-0.2, -0.15) is 0 Å². The van der Waals surface area contributed by atoms with Crippen LogP contribution in [0.2, 0.25) is 0 Å². The van der Waals surface area contributed by atoms with Gasteiger partial charge in [-0.3, -0.25) is 14.5 Å². The molecule has 172 valence electrons. The maximum Gasteiger partial charge on any atom is 0.243 e. The lowest BCUT2D eigenvalue weighted by Crippen LogP contribution is -2.51. The molecule has 1 fully saturated rings. The van der Waals surface area contributed by atoms with Crippen molar-refractivity contribution in [3.05, 3.63) is 71.8 Å². The fraction of sp³-hybridized carbons (Fsp3) is 0.462. The van der Waals surface area contributed by atoms with Crippen molar-refractivity contribution in [1.29, 1.82) is 0 Å². The van der Waals surface area contributed by atoms with Crippen LogP contribution in [0.5, 0.6) is 0 Å². The number of morpholine rings is 1. The van der Waals surface area contributed by atoms with Crippen molar-refractivity contribution in [3.8, 4) is 0 Å². The van der Waals surface area contributed by atoms with Crippen molar-refractivity contribution in [1.82, 2.24) is 15.1 Å². The Hall–Kier alpha value is -2.70. The number of hydrogen-bond donors (Lipinski definition) is 1. The maximum absolute atomic E-state index is 13.4. The first kappa shape index (κ1) is 24.0. The standard InChI is InChI=1S/C26H35N3O3/c1-2-9-25(30)29(21-23-12-7-4-8-13-23)24(20-22-10-5-3-6-11-22)26(31)27-14-15-28-16-18-32-19-17-28/h3-8,10-13,24H,2,9,14-21H2,1H3,(H,27,31)/t24-/m0/s1. The van der Waals surface area contributed by atoms with Crippen molar-refractivity contribution in [2.75, 3.05) is 39.4 Å². The fourth-order valence-electron chi connectivity index (χ4n) is 3.97. The highest BCUT2D eigenvalue weighted by molar-refractivity contribution is 5.88. The van der Waals surface area contributed by atoms with E-state index in [-0.39, 0.29) is 11.8 Å². The van der Waals surface area contributed by atoms with Gasteiger partial charge >= 0.3 is 0 Å². The van der Waals surface area contributed by atoms with E-state index >= 15 is 0 Å². The SMILES string of the molecule is CCCC(=O)N(Cc1ccccc1)[C@@H](Cc1ccccc1)C(=O)NCCN1CCOCC1. The number of carbonyl (C=O) groups is 2. The lowest BCUT2D eigenvalue weighted by Gasteiger charge is -2.32. The molecule has 0 radical (unpaired) electrons. The monoisotopic (exact) mass is 437 g/mol. The predicted molar refractivity (Wildman–Crippen MR) is 126 cm³/mol. The Labute approximate surface area is 191 Å². The van der Waals surface area contributed by atoms with Crippen molar-refractivity contribution in [2.24, 2.45) is 0 Å². The van der Waals surface area contributed by atoms with E-state index in [9.17, 15) is 9.59 Å². The van der Waals surface area contributed by atoms with Gasteiger partial charge in [-0.15, -0.1) is 0 Å². The van der Waals surface area contributed by atoms with Crippen LogP contribution in [-0.4, -0.2) is 67.0 Å². The van der Waals surface area contributed by atoms with Crippen LogP contribution in [0, 0.1) is 0 Å². The number of nitrogens with zero attached hydrogens (tertiary/aromatic N) is 2. The summed E-state index contributed by atoms with van der Waals surface area (Å²) in [6.07, 6.45) is 1.67. The molecule has 1 saturated heterocycles. The molecule has 3 rings (SSSR count). The summed E-state index contributed by atoms with van der Waals surface area (Å²) in [7, 11) is 0. The second kappa shape index (κ2) is 13.0. The molecule has 0 saturated carbocycles. The number of carbonyl (C=O) groups excluding carboxylic acids is 2. The Morgan fingerprint density at radius 1 is 1.00 bits per heavy atom. The molecule has 1 atom stereocenters. The summed E-state index contributed by atoms with van der Waals surface area (Å²) < 4.78 is 5.40. The quantitative estimate of drug-likeness (QED) is 0.587. The molecule has 2 aromatic carbocycles. The van der Waals surface area contributed by atoms with E-state index in [0.29, 0.717) is 25.9 Å². The van der Waals surface area contributed by atoms with Gasteiger partial charge in [-0.25, -0.2) is 0 Å². The molecule has 1 aliphatic heterocycles. The number of benzene rings is 2. The van der Waals surface area contributed by atoms with Gasteiger partial charge in [0.1, 0.15) is 6.04 Å². The van der Waals surface area contributed by atoms with Gasteiger partial charge in [0.05, 0.1) is 13.2 Å². The first-order chi connectivity index (χ1) is 15.7. The molecule has 1 heterocycles. The molecule has 0 aliphatic carbocycles. The topological polar surface area (TPSA) is 61.9 Å². The molecule has 6 heteroatoms. The van der Waals surface area contributed by atoms with Gasteiger partial charge in [0.2, 0.25) is 11.8 Å². The summed E-state index contributed by atoms with van der Waals surface area (Å²) in [5.74, 6) is -0.0805. The lowest BCUT2D eigenvalue weighted by atomic mass is 10.0. The Kier molecular flexibility index (Phi) is 9.72. The molecule has 2 amide bonds. The van der Waals surface area contributed by atoms with Gasteiger partial charge in [0, 0.05) is 45.6 Å². The minimum absolute atomic E-state index is 0.0145. The van der Waals surface area contributed by atoms with Crippen LogP contribution in [0.3, 0.4) is 0 Å². The largest absolute Gasteiger partial charge is 0.379 e. The van der Waals surface area contributed by atoms with E-state index in [1.807, 2.05) is 67.6 Å². The highest BCUT2D eigenvalue weighted by Gasteiger charge is 2.29. The van der Waals surface area contributed by atoms with Crippen molar-refractivity contribution >= 4 is 11.8 Å². The average Bonchev–Trinajstić information content (AvgIpc) is 2.83. The third-order valence-electron chi connectivity index (χ3n) is 5.76. The molecule has 0 aromatic heterocycles. The molecule has 6 nitrogen and oxygen atoms in total. The maximum atomic E-state index is 13.4. The van der Waals surface area contributed by atoms with Gasteiger partial charge in [0.15, 0.2) is 0 Å². The van der Waals surface area contributed by atoms with Crippen LogP contribution in [0.4, 0.5) is 0 Å². The van der Waals surface area contributed by atoms with Gasteiger partial charge < -0.3 is 15.0 Å². The molecule has 2 aromatic rings. The molecule has 0 bridgehead atoms. The molecule has 0 unspecified atom stereocenters. The summed E-state index contributed by atoms with van der Waals surface area (Å²) in [5, 5.41) is 3.10. The Morgan fingerprint density at radius 3 is 2.25 bits per heavy atom. The fourth-order valence-corrected chi connectivity index (χ4v) is 3.97. The minimum atomic E-state index is -0.554. The summed E-state index contributed by atoms with van der Waals surface area (Å²) in [5.41, 5.74) is 2.07. The molecule has 32 heavy (non-hydrogen) atoms. The summed E-state index contributed by atoms with van der Waals surface area (Å²) in [4.78, 5) is 30.6. The van der Waals surface area contributed by atoms with Crippen LogP contribution in [0.15, 0.2) is 60.7 Å². The van der Waals surface area contributed by atoms with Gasteiger partial charge in [0.25, 0.3) is 0 Å². The van der Waals surface area contributed by atoms with E-state index in [0.717, 1.165) is 50.4 Å². The second-order valence-electron chi connectivity index (χ2n) is 8.21. The van der Waals surface area contributed by atoms with Gasteiger partial charge in [-0.05, 0) is 17.5 Å². The predicted octanol–water partition coefficient (Wildman–Crippen LogP) is 2.88. The van der Waals surface area contributed by atoms with Crippen molar-refractivity contribution < 1.29 is 14.3 Å². The number of nitrogens with one attached hydrogen (secondary N) is 1. The molecule has 1 aliphatic rings. The summed E-state index contributed by atoms with van der Waals surface area (Å²) in [6.45, 7) is 7.01. The lowest BCUT2D eigenvalue weighted by molar-refractivity contribution is -0.141. The molecular formula is C26H35N3O3. The molecule has 1 N–H and O–H groups in total. The summed E-state index contributed by atoms with van der Waals surface area (Å²) >= 11 is 0. The Morgan fingerprint density at radius 2 is 1.62 bits per heavy atom. The minimum Gasteiger partial charge on any atom is -0.379 e. The average molecular weight is 438 g/mol. The van der Waals surface area contributed by atoms with Crippen LogP contribution in [0.25, 0.3) is 0 Å². The number of ether oxygens (including phenoxy) is 1. The van der Waals surface area contributed by atoms with Gasteiger partial charge in [-0.1, -0.05) is 67.6 Å². The van der Waals surface area contributed by atoms with Crippen LogP contribution >= 0.6 is 0 Å². The Balaban J connectivity index is 1.75. The second-order valence-corrected chi connectivity index (χ2v) is 8.21. The first-order valence-corrected chi connectivity index (χ1v) is 11.6. The smallest absolute Gasteiger partial charge is 0.243 e.